The van der Waals surface area contributed by atoms with Crippen molar-refractivity contribution in [2.45, 2.75) is 39.5 Å². The number of para-hydroxylation sites is 1. The number of fused-ring (bicyclic) bond motifs is 1. The van der Waals surface area contributed by atoms with Gasteiger partial charge in [-0.05, 0) is 38.1 Å². The van der Waals surface area contributed by atoms with E-state index in [4.69, 9.17) is 0 Å². The lowest BCUT2D eigenvalue weighted by Gasteiger charge is -2.25. The molecule has 0 N–H and O–H groups in total. The second-order valence-corrected chi connectivity index (χ2v) is 5.85. The Morgan fingerprint density at radius 2 is 1.59 bits per heavy atom. The highest BCUT2D eigenvalue weighted by molar-refractivity contribution is 6.52. The standard InChI is InChI=1S/C18H26N2O2/c1-3-5-11-19(12-6-4-2)13-14-20-16-10-8-7-9-15(16)17(21)18(20)22/h7-10H,3-6,11-14H2,1-2H3. The molecule has 0 fully saturated rings. The van der Waals surface area contributed by atoms with Gasteiger partial charge in [0, 0.05) is 13.1 Å². The number of hydrogen-bond acceptors (Lipinski definition) is 3. The second-order valence-electron chi connectivity index (χ2n) is 5.85. The Morgan fingerprint density at radius 1 is 0.955 bits per heavy atom. The van der Waals surface area contributed by atoms with E-state index in [1.165, 1.54) is 25.7 Å². The van der Waals surface area contributed by atoms with E-state index in [0.29, 0.717) is 12.1 Å². The monoisotopic (exact) mass is 302 g/mol. The molecule has 0 aliphatic carbocycles. The van der Waals surface area contributed by atoms with Gasteiger partial charge in [0.1, 0.15) is 0 Å². The molecule has 22 heavy (non-hydrogen) atoms. The van der Waals surface area contributed by atoms with Gasteiger partial charge < -0.3 is 9.80 Å². The molecule has 0 bridgehead atoms. The number of rotatable bonds is 9. The van der Waals surface area contributed by atoms with Crippen molar-refractivity contribution in [3.63, 3.8) is 0 Å². The van der Waals surface area contributed by atoms with Gasteiger partial charge in [0.15, 0.2) is 0 Å². The van der Waals surface area contributed by atoms with E-state index < -0.39 is 0 Å². The molecule has 1 heterocycles. The average Bonchev–Trinajstić information content (AvgIpc) is 2.79. The molecule has 0 aromatic heterocycles. The summed E-state index contributed by atoms with van der Waals surface area (Å²) in [6.45, 7) is 7.93. The van der Waals surface area contributed by atoms with Crippen LogP contribution in [-0.4, -0.2) is 42.8 Å². The topological polar surface area (TPSA) is 40.6 Å². The van der Waals surface area contributed by atoms with Crippen molar-refractivity contribution < 1.29 is 9.59 Å². The predicted octanol–water partition coefficient (Wildman–Crippen LogP) is 3.12. The Hall–Kier alpha value is -1.68. The Morgan fingerprint density at radius 3 is 2.23 bits per heavy atom. The third kappa shape index (κ3) is 3.74. The maximum atomic E-state index is 12.2. The predicted molar refractivity (Wildman–Crippen MR) is 89.4 cm³/mol. The summed E-state index contributed by atoms with van der Waals surface area (Å²) >= 11 is 0. The van der Waals surface area contributed by atoms with Crippen molar-refractivity contribution in [2.24, 2.45) is 0 Å². The molecule has 0 saturated carbocycles. The number of amides is 1. The lowest BCUT2D eigenvalue weighted by molar-refractivity contribution is -0.114. The van der Waals surface area contributed by atoms with Crippen LogP contribution in [0.1, 0.15) is 49.9 Å². The fraction of sp³-hybridized carbons (Fsp3) is 0.556. The zero-order valence-electron chi connectivity index (χ0n) is 13.7. The quantitative estimate of drug-likeness (QED) is 0.658. The Kier molecular flexibility index (Phi) is 6.13. The van der Waals surface area contributed by atoms with Crippen molar-refractivity contribution in [2.75, 3.05) is 31.1 Å². The summed E-state index contributed by atoms with van der Waals surface area (Å²) in [4.78, 5) is 28.2. The molecule has 120 valence electrons. The molecule has 1 aliphatic rings. The number of Topliss-reactive ketones (excluding diaryl/α,β-unsaturated/α-hetero) is 1. The minimum Gasteiger partial charge on any atom is -0.303 e. The van der Waals surface area contributed by atoms with Gasteiger partial charge in [-0.2, -0.15) is 0 Å². The summed E-state index contributed by atoms with van der Waals surface area (Å²) in [5, 5.41) is 0. The maximum Gasteiger partial charge on any atom is 0.299 e. The van der Waals surface area contributed by atoms with E-state index in [9.17, 15) is 9.59 Å². The van der Waals surface area contributed by atoms with Crippen molar-refractivity contribution in [3.05, 3.63) is 29.8 Å². The van der Waals surface area contributed by atoms with E-state index in [-0.39, 0.29) is 11.7 Å². The average molecular weight is 302 g/mol. The highest BCUT2D eigenvalue weighted by atomic mass is 16.2. The summed E-state index contributed by atoms with van der Waals surface area (Å²) in [5.74, 6) is -0.753. The summed E-state index contributed by atoms with van der Waals surface area (Å²) in [5.41, 5.74) is 1.31. The summed E-state index contributed by atoms with van der Waals surface area (Å²) in [6.07, 6.45) is 4.69. The van der Waals surface area contributed by atoms with Crippen LogP contribution < -0.4 is 4.90 Å². The number of anilines is 1. The fourth-order valence-electron chi connectivity index (χ4n) is 2.81. The van der Waals surface area contributed by atoms with Gasteiger partial charge in [0.2, 0.25) is 0 Å². The van der Waals surface area contributed by atoms with Crippen molar-refractivity contribution in [3.8, 4) is 0 Å². The number of carbonyl (C=O) groups is 2. The van der Waals surface area contributed by atoms with Gasteiger partial charge >= 0.3 is 0 Å². The summed E-state index contributed by atoms with van der Waals surface area (Å²) < 4.78 is 0. The number of benzene rings is 1. The molecule has 4 heteroatoms. The molecule has 4 nitrogen and oxygen atoms in total. The highest BCUT2D eigenvalue weighted by Crippen LogP contribution is 2.28. The van der Waals surface area contributed by atoms with E-state index in [2.05, 4.69) is 18.7 Å². The second kappa shape index (κ2) is 8.08. The van der Waals surface area contributed by atoms with Crippen LogP contribution in [0.25, 0.3) is 0 Å². The van der Waals surface area contributed by atoms with Crippen LogP contribution in [0, 0.1) is 0 Å². The van der Waals surface area contributed by atoms with Crippen LogP contribution in [0.2, 0.25) is 0 Å². The molecule has 0 spiro atoms. The van der Waals surface area contributed by atoms with Gasteiger partial charge in [-0.15, -0.1) is 0 Å². The SMILES string of the molecule is CCCCN(CCCC)CCN1C(=O)C(=O)c2ccccc21. The third-order valence-corrected chi connectivity index (χ3v) is 4.17. The van der Waals surface area contributed by atoms with Crippen LogP contribution in [0.4, 0.5) is 5.69 Å². The van der Waals surface area contributed by atoms with Crippen molar-refractivity contribution >= 4 is 17.4 Å². The van der Waals surface area contributed by atoms with Gasteiger partial charge in [0.05, 0.1) is 11.3 Å². The van der Waals surface area contributed by atoms with E-state index in [1.54, 1.807) is 11.0 Å². The van der Waals surface area contributed by atoms with Gasteiger partial charge in [0.25, 0.3) is 11.7 Å². The number of hydrogen-bond donors (Lipinski definition) is 0. The molecule has 0 unspecified atom stereocenters. The van der Waals surface area contributed by atoms with Crippen LogP contribution in [0.15, 0.2) is 24.3 Å². The minimum absolute atomic E-state index is 0.371. The van der Waals surface area contributed by atoms with E-state index in [0.717, 1.165) is 25.3 Å². The molecular weight excluding hydrogens is 276 g/mol. The first-order chi connectivity index (χ1) is 10.7. The van der Waals surface area contributed by atoms with Crippen LogP contribution in [-0.2, 0) is 4.79 Å². The molecule has 2 rings (SSSR count). The van der Waals surface area contributed by atoms with Crippen molar-refractivity contribution in [1.82, 2.24) is 4.90 Å². The Labute approximate surface area is 133 Å². The largest absolute Gasteiger partial charge is 0.303 e. The van der Waals surface area contributed by atoms with Gasteiger partial charge in [-0.3, -0.25) is 9.59 Å². The van der Waals surface area contributed by atoms with Crippen LogP contribution in [0.3, 0.4) is 0 Å². The first-order valence-corrected chi connectivity index (χ1v) is 8.36. The molecule has 1 aromatic carbocycles. The Balaban J connectivity index is 2.00. The molecule has 0 radical (unpaired) electrons. The zero-order chi connectivity index (χ0) is 15.9. The number of unbranched alkanes of at least 4 members (excludes halogenated alkanes) is 2. The van der Waals surface area contributed by atoms with Gasteiger partial charge in [-0.1, -0.05) is 38.8 Å². The van der Waals surface area contributed by atoms with Crippen molar-refractivity contribution in [1.29, 1.82) is 0 Å². The number of carbonyl (C=O) groups excluding carboxylic acids is 2. The molecule has 1 amide bonds. The molecule has 1 aliphatic heterocycles. The first kappa shape index (κ1) is 16.7. The smallest absolute Gasteiger partial charge is 0.299 e. The lowest BCUT2D eigenvalue weighted by Crippen LogP contribution is -2.38. The lowest BCUT2D eigenvalue weighted by atomic mass is 10.1. The first-order valence-electron chi connectivity index (χ1n) is 8.36. The molecular formula is C18H26N2O2. The van der Waals surface area contributed by atoms with Gasteiger partial charge in [-0.25, -0.2) is 0 Å². The van der Waals surface area contributed by atoms with E-state index >= 15 is 0 Å². The van der Waals surface area contributed by atoms with Crippen LogP contribution >= 0.6 is 0 Å². The highest BCUT2D eigenvalue weighted by Gasteiger charge is 2.35. The number of ketones is 1. The summed E-state index contributed by atoms with van der Waals surface area (Å²) in [6, 6.07) is 7.29. The number of nitrogens with zero attached hydrogens (tertiary/aromatic N) is 2. The minimum atomic E-state index is -0.382. The summed E-state index contributed by atoms with van der Waals surface area (Å²) in [7, 11) is 0. The molecule has 0 saturated heterocycles. The normalized spacial score (nSPS) is 14.0. The zero-order valence-corrected chi connectivity index (χ0v) is 13.7. The fourth-order valence-corrected chi connectivity index (χ4v) is 2.81. The third-order valence-electron chi connectivity index (χ3n) is 4.17. The van der Waals surface area contributed by atoms with E-state index in [1.807, 2.05) is 18.2 Å². The molecule has 1 aromatic rings. The van der Waals surface area contributed by atoms with Crippen LogP contribution in [0.5, 0.6) is 0 Å². The maximum absolute atomic E-state index is 12.2. The molecule has 0 atom stereocenters. The Bertz CT molecular complexity index is 520.